The fourth-order valence-electron chi connectivity index (χ4n) is 2.05. The molecule has 1 atom stereocenters. The van der Waals surface area contributed by atoms with Crippen molar-refractivity contribution in [2.45, 2.75) is 59.8 Å². The highest BCUT2D eigenvalue weighted by Gasteiger charge is 2.16. The SMILES string of the molecule is CCCN=C1CCC(NC(=N)C(C)CC)=C(C)C1. The van der Waals surface area contributed by atoms with Crippen LogP contribution in [0.2, 0.25) is 0 Å². The van der Waals surface area contributed by atoms with E-state index in [1.165, 1.54) is 17.0 Å². The van der Waals surface area contributed by atoms with Crippen molar-refractivity contribution in [1.29, 1.82) is 5.41 Å². The van der Waals surface area contributed by atoms with Gasteiger partial charge in [0.15, 0.2) is 0 Å². The molecule has 0 bridgehead atoms. The Bertz CT molecular complexity index is 353. The Morgan fingerprint density at radius 2 is 2.11 bits per heavy atom. The van der Waals surface area contributed by atoms with Crippen LogP contribution in [0.3, 0.4) is 0 Å². The van der Waals surface area contributed by atoms with Gasteiger partial charge in [-0.3, -0.25) is 10.4 Å². The first-order chi connectivity index (χ1) is 8.58. The number of allylic oxidation sites excluding steroid dienone is 2. The van der Waals surface area contributed by atoms with Crippen LogP contribution >= 0.6 is 0 Å². The molecule has 0 heterocycles. The molecule has 0 aromatic heterocycles. The van der Waals surface area contributed by atoms with E-state index in [0.29, 0.717) is 11.8 Å². The molecule has 0 aliphatic heterocycles. The van der Waals surface area contributed by atoms with Gasteiger partial charge >= 0.3 is 0 Å². The lowest BCUT2D eigenvalue weighted by atomic mass is 9.94. The largest absolute Gasteiger partial charge is 0.348 e. The van der Waals surface area contributed by atoms with Gasteiger partial charge in [0.25, 0.3) is 0 Å². The van der Waals surface area contributed by atoms with Crippen molar-refractivity contribution in [1.82, 2.24) is 5.32 Å². The molecular weight excluding hydrogens is 222 g/mol. The zero-order chi connectivity index (χ0) is 13.5. The molecule has 1 rings (SSSR count). The highest BCUT2D eigenvalue weighted by atomic mass is 15.0. The molecule has 0 radical (unpaired) electrons. The van der Waals surface area contributed by atoms with E-state index >= 15 is 0 Å². The summed E-state index contributed by atoms with van der Waals surface area (Å²) in [6.45, 7) is 9.50. The van der Waals surface area contributed by atoms with Crippen molar-refractivity contribution in [2.75, 3.05) is 6.54 Å². The lowest BCUT2D eigenvalue weighted by molar-refractivity contribution is 0.699. The van der Waals surface area contributed by atoms with Crippen LogP contribution in [0.1, 0.15) is 59.8 Å². The Kier molecular flexibility index (Phi) is 6.10. The van der Waals surface area contributed by atoms with Gasteiger partial charge in [-0.2, -0.15) is 0 Å². The van der Waals surface area contributed by atoms with E-state index in [9.17, 15) is 0 Å². The molecule has 0 amide bonds. The molecule has 3 heteroatoms. The summed E-state index contributed by atoms with van der Waals surface area (Å²) < 4.78 is 0. The first kappa shape index (κ1) is 14.9. The van der Waals surface area contributed by atoms with Crippen LogP contribution in [0.25, 0.3) is 0 Å². The lowest BCUT2D eigenvalue weighted by Crippen LogP contribution is -2.30. The summed E-state index contributed by atoms with van der Waals surface area (Å²) in [5, 5.41) is 11.3. The Hall–Kier alpha value is -1.12. The molecule has 3 nitrogen and oxygen atoms in total. The van der Waals surface area contributed by atoms with Crippen LogP contribution in [0.15, 0.2) is 16.3 Å². The number of nitrogens with zero attached hydrogens (tertiary/aromatic N) is 1. The van der Waals surface area contributed by atoms with E-state index in [2.05, 4.69) is 38.0 Å². The van der Waals surface area contributed by atoms with E-state index in [1.807, 2.05) is 0 Å². The van der Waals surface area contributed by atoms with Crippen LogP contribution in [-0.2, 0) is 0 Å². The van der Waals surface area contributed by atoms with Gasteiger partial charge < -0.3 is 5.32 Å². The topological polar surface area (TPSA) is 48.2 Å². The zero-order valence-corrected chi connectivity index (χ0v) is 12.3. The van der Waals surface area contributed by atoms with Crippen LogP contribution in [0.5, 0.6) is 0 Å². The molecule has 0 saturated carbocycles. The maximum absolute atomic E-state index is 8.01. The van der Waals surface area contributed by atoms with Crippen LogP contribution < -0.4 is 5.32 Å². The van der Waals surface area contributed by atoms with Crippen molar-refractivity contribution in [3.8, 4) is 0 Å². The highest BCUT2D eigenvalue weighted by molar-refractivity contribution is 5.89. The van der Waals surface area contributed by atoms with Gasteiger partial charge in [-0.25, -0.2) is 0 Å². The minimum absolute atomic E-state index is 0.320. The maximum Gasteiger partial charge on any atom is 0.100 e. The van der Waals surface area contributed by atoms with Gasteiger partial charge in [0.1, 0.15) is 5.84 Å². The third kappa shape index (κ3) is 4.28. The fourth-order valence-corrected chi connectivity index (χ4v) is 2.05. The Balaban J connectivity index is 2.60. The first-order valence-corrected chi connectivity index (χ1v) is 7.14. The average molecular weight is 249 g/mol. The van der Waals surface area contributed by atoms with Gasteiger partial charge in [0, 0.05) is 30.3 Å². The lowest BCUT2D eigenvalue weighted by Gasteiger charge is -2.23. The highest BCUT2D eigenvalue weighted by Crippen LogP contribution is 2.21. The van der Waals surface area contributed by atoms with Gasteiger partial charge in [0.05, 0.1) is 0 Å². The standard InChI is InChI=1S/C15H27N3/c1-5-9-17-13-7-8-14(12(4)10-13)18-15(16)11(3)6-2/h11H,5-10H2,1-4H3,(H2,16,18). The second-order valence-corrected chi connectivity index (χ2v) is 5.23. The van der Waals surface area contributed by atoms with Crippen LogP contribution in [0.4, 0.5) is 0 Å². The third-order valence-corrected chi connectivity index (χ3v) is 3.60. The maximum atomic E-state index is 8.01. The van der Waals surface area contributed by atoms with Crippen LogP contribution in [-0.4, -0.2) is 18.1 Å². The van der Waals surface area contributed by atoms with Gasteiger partial charge in [-0.15, -0.1) is 0 Å². The van der Waals surface area contributed by atoms with Gasteiger partial charge in [-0.05, 0) is 38.2 Å². The third-order valence-electron chi connectivity index (χ3n) is 3.60. The average Bonchev–Trinajstić information content (AvgIpc) is 2.38. The van der Waals surface area contributed by atoms with E-state index in [4.69, 9.17) is 5.41 Å². The van der Waals surface area contributed by atoms with Crippen molar-refractivity contribution in [3.63, 3.8) is 0 Å². The predicted molar refractivity (Wildman–Crippen MR) is 79.5 cm³/mol. The van der Waals surface area contributed by atoms with Crippen molar-refractivity contribution >= 4 is 11.5 Å². The number of rotatable bonds is 5. The summed E-state index contributed by atoms with van der Waals surface area (Å²) in [6, 6.07) is 0. The minimum Gasteiger partial charge on any atom is -0.348 e. The summed E-state index contributed by atoms with van der Waals surface area (Å²) in [4.78, 5) is 4.62. The molecule has 0 aromatic rings. The van der Waals surface area contributed by atoms with E-state index in [0.717, 1.165) is 38.6 Å². The molecule has 0 aromatic carbocycles. The monoisotopic (exact) mass is 249 g/mol. The number of amidine groups is 1. The first-order valence-electron chi connectivity index (χ1n) is 7.14. The number of nitrogens with one attached hydrogen (secondary N) is 2. The van der Waals surface area contributed by atoms with Crippen molar-refractivity contribution in [3.05, 3.63) is 11.3 Å². The van der Waals surface area contributed by atoms with Crippen molar-refractivity contribution < 1.29 is 0 Å². The van der Waals surface area contributed by atoms with Gasteiger partial charge in [0.2, 0.25) is 0 Å². The fraction of sp³-hybridized carbons (Fsp3) is 0.733. The quantitative estimate of drug-likeness (QED) is 0.563. The Morgan fingerprint density at radius 1 is 1.39 bits per heavy atom. The number of aliphatic imine (C=N–C) groups is 1. The Labute approximate surface area is 111 Å². The molecule has 0 spiro atoms. The zero-order valence-electron chi connectivity index (χ0n) is 12.3. The molecular formula is C15H27N3. The summed E-state index contributed by atoms with van der Waals surface area (Å²) >= 11 is 0. The minimum atomic E-state index is 0.320. The normalized spacial score (nSPS) is 20.1. The molecule has 18 heavy (non-hydrogen) atoms. The number of hydrogen-bond acceptors (Lipinski definition) is 2. The smallest absolute Gasteiger partial charge is 0.100 e. The molecule has 2 N–H and O–H groups in total. The van der Waals surface area contributed by atoms with Gasteiger partial charge in [-0.1, -0.05) is 20.8 Å². The molecule has 1 unspecified atom stereocenters. The molecule has 0 saturated heterocycles. The molecule has 102 valence electrons. The van der Waals surface area contributed by atoms with E-state index < -0.39 is 0 Å². The summed E-state index contributed by atoms with van der Waals surface area (Å²) in [5.41, 5.74) is 3.93. The molecule has 1 aliphatic carbocycles. The Morgan fingerprint density at radius 3 is 2.67 bits per heavy atom. The molecule has 0 fully saturated rings. The molecule has 1 aliphatic rings. The predicted octanol–water partition coefficient (Wildman–Crippen LogP) is 3.91. The number of hydrogen-bond donors (Lipinski definition) is 2. The van der Waals surface area contributed by atoms with Crippen LogP contribution in [0, 0.1) is 11.3 Å². The summed E-state index contributed by atoms with van der Waals surface area (Å²) in [7, 11) is 0. The van der Waals surface area contributed by atoms with E-state index in [1.54, 1.807) is 0 Å². The summed E-state index contributed by atoms with van der Waals surface area (Å²) in [6.07, 6.45) is 5.17. The second kappa shape index (κ2) is 7.34. The van der Waals surface area contributed by atoms with Crippen molar-refractivity contribution in [2.24, 2.45) is 10.9 Å². The van der Waals surface area contributed by atoms with E-state index in [-0.39, 0.29) is 0 Å². The summed E-state index contributed by atoms with van der Waals surface area (Å²) in [5.74, 6) is 0.973. The second-order valence-electron chi connectivity index (χ2n) is 5.23.